The Labute approximate surface area is 324 Å². The Balaban J connectivity index is 1.42. The van der Waals surface area contributed by atoms with Crippen LogP contribution in [0.2, 0.25) is 0 Å². The first kappa shape index (κ1) is 36.1. The zero-order valence-electron chi connectivity index (χ0n) is 31.4. The fraction of sp³-hybridized carbons (Fsp3) is 0.273. The van der Waals surface area contributed by atoms with E-state index in [9.17, 15) is 4.79 Å². The lowest BCUT2D eigenvalue weighted by Gasteiger charge is -2.43. The number of carbonyl (C=O) groups excluding carboxylic acids is 4. The molecule has 0 saturated carbocycles. The molecule has 12 heteroatoms. The Bertz CT molecular complexity index is 2270. The van der Waals surface area contributed by atoms with Crippen LogP contribution in [0.1, 0.15) is 58.4 Å². The van der Waals surface area contributed by atoms with Gasteiger partial charge in [0.25, 0.3) is 11.3 Å². The number of hydrogen-bond donors (Lipinski definition) is 0. The number of fused-ring (bicyclic) bond motifs is 2. The van der Waals surface area contributed by atoms with E-state index < -0.39 is 35.3 Å². The first-order valence-electron chi connectivity index (χ1n) is 18.3. The van der Waals surface area contributed by atoms with E-state index in [0.29, 0.717) is 44.9 Å². The summed E-state index contributed by atoms with van der Waals surface area (Å²) in [5.41, 5.74) is 0.173. The van der Waals surface area contributed by atoms with Gasteiger partial charge in [-0.05, 0) is 73.5 Å². The van der Waals surface area contributed by atoms with Crippen LogP contribution in [0.3, 0.4) is 0 Å². The number of methoxy groups -OCH3 is 2. The van der Waals surface area contributed by atoms with E-state index in [-0.39, 0.29) is 39.4 Å². The standard InChI is InChI=1S/C44H38N4O8/c1-5-55-39(49)43-44(40(50)56-6-2)47-27-35-36(38(54-4)24-23-37(35)53-3)28-48(44)42(52)46(43)26-34-32(20-18-30-15-11-8-12-16-30)22-21-31(33(34)25-45(43)41(47)51)19-17-29-13-9-7-10-14-29/h7-16,21-24H,5-6,25-28H2,1-4H3. The van der Waals surface area contributed by atoms with E-state index in [1.165, 1.54) is 33.8 Å². The third-order valence-electron chi connectivity index (χ3n) is 10.8. The third-order valence-corrected chi connectivity index (χ3v) is 10.8. The van der Waals surface area contributed by atoms with Gasteiger partial charge in [-0.15, -0.1) is 0 Å². The Hall–Kier alpha value is -6.92. The van der Waals surface area contributed by atoms with E-state index in [2.05, 4.69) is 23.7 Å². The second kappa shape index (κ2) is 14.1. The second-order valence-electron chi connectivity index (χ2n) is 13.5. The molecule has 0 spiro atoms. The molecular weight excluding hydrogens is 713 g/mol. The molecule has 0 bridgehead atoms. The molecule has 0 radical (unpaired) electrons. The summed E-state index contributed by atoms with van der Waals surface area (Å²) in [5, 5.41) is 0. The SMILES string of the molecule is CCOC(=O)C12N3Cc4c(C#Cc5ccccc5)ccc(C#Cc5ccccc5)c4CN1C(=O)N1Cc4c(OC)ccc(OC)c4CN(C3=O)C12C(=O)OCC. The van der Waals surface area contributed by atoms with Gasteiger partial charge in [-0.1, -0.05) is 60.1 Å². The van der Waals surface area contributed by atoms with Crippen molar-refractivity contribution < 1.29 is 38.1 Å². The smallest absolute Gasteiger partial charge is 0.358 e. The van der Waals surface area contributed by atoms with Crippen molar-refractivity contribution >= 4 is 24.0 Å². The number of hydrogen-bond acceptors (Lipinski definition) is 8. The highest BCUT2D eigenvalue weighted by Gasteiger charge is 2.87. The summed E-state index contributed by atoms with van der Waals surface area (Å²) in [5.74, 6) is 11.9. The number of benzene rings is 4. The van der Waals surface area contributed by atoms with Crippen LogP contribution in [0.25, 0.3) is 0 Å². The number of amides is 4. The van der Waals surface area contributed by atoms with Gasteiger partial charge >= 0.3 is 24.0 Å². The molecule has 12 nitrogen and oxygen atoms in total. The van der Waals surface area contributed by atoms with E-state index in [4.69, 9.17) is 18.9 Å². The van der Waals surface area contributed by atoms with Crippen molar-refractivity contribution in [2.45, 2.75) is 51.4 Å². The fourth-order valence-corrected chi connectivity index (χ4v) is 8.43. The van der Waals surface area contributed by atoms with Crippen molar-refractivity contribution in [2.75, 3.05) is 27.4 Å². The molecule has 56 heavy (non-hydrogen) atoms. The van der Waals surface area contributed by atoms with Crippen molar-refractivity contribution in [1.82, 2.24) is 19.6 Å². The van der Waals surface area contributed by atoms with Gasteiger partial charge in [-0.25, -0.2) is 19.2 Å². The number of nitrogens with zero attached hydrogens (tertiary/aromatic N) is 4. The summed E-state index contributed by atoms with van der Waals surface area (Å²) in [6.45, 7) is 2.18. The molecule has 0 N–H and O–H groups in total. The van der Waals surface area contributed by atoms with Gasteiger partial charge in [-0.3, -0.25) is 19.6 Å². The van der Waals surface area contributed by atoms with Crippen molar-refractivity contribution in [2.24, 2.45) is 0 Å². The van der Waals surface area contributed by atoms with Crippen LogP contribution in [0.4, 0.5) is 9.59 Å². The summed E-state index contributed by atoms with van der Waals surface area (Å²) in [6, 6.07) is 24.6. The molecule has 2 fully saturated rings. The van der Waals surface area contributed by atoms with Gasteiger partial charge in [0.15, 0.2) is 0 Å². The number of rotatable bonds is 6. The average molecular weight is 751 g/mol. The summed E-state index contributed by atoms with van der Waals surface area (Å²) in [6.07, 6.45) is 0. The average Bonchev–Trinajstić information content (AvgIpc) is 3.37. The topological polar surface area (TPSA) is 118 Å². The fourth-order valence-electron chi connectivity index (χ4n) is 8.43. The van der Waals surface area contributed by atoms with Crippen LogP contribution in [-0.2, 0) is 45.2 Å². The van der Waals surface area contributed by atoms with Crippen LogP contribution in [-0.4, -0.2) is 82.4 Å². The van der Waals surface area contributed by atoms with E-state index >= 15 is 14.4 Å². The largest absolute Gasteiger partial charge is 0.496 e. The van der Waals surface area contributed by atoms with Crippen molar-refractivity contribution in [1.29, 1.82) is 0 Å². The third kappa shape index (κ3) is 5.09. The number of carbonyl (C=O) groups is 4. The Morgan fingerprint density at radius 2 is 0.893 bits per heavy atom. The highest BCUT2D eigenvalue weighted by Crippen LogP contribution is 2.58. The zero-order chi connectivity index (χ0) is 39.2. The van der Waals surface area contributed by atoms with Gasteiger partial charge in [0.1, 0.15) is 11.5 Å². The molecule has 0 atom stereocenters. The normalized spacial score (nSPS) is 19.9. The van der Waals surface area contributed by atoms with Crippen molar-refractivity contribution in [3.8, 4) is 35.2 Å². The maximum Gasteiger partial charge on any atom is 0.358 e. The van der Waals surface area contributed by atoms with Crippen LogP contribution in [0.5, 0.6) is 11.5 Å². The van der Waals surface area contributed by atoms with Crippen LogP contribution < -0.4 is 9.47 Å². The van der Waals surface area contributed by atoms with Gasteiger partial charge in [0.2, 0.25) is 0 Å². The predicted octanol–water partition coefficient (Wildman–Crippen LogP) is 5.22. The first-order valence-corrected chi connectivity index (χ1v) is 18.3. The molecule has 2 saturated heterocycles. The lowest BCUT2D eigenvalue weighted by Crippen LogP contribution is -2.75. The molecule has 0 unspecified atom stereocenters. The number of esters is 2. The molecule has 4 amide bonds. The molecule has 4 heterocycles. The first-order chi connectivity index (χ1) is 27.3. The van der Waals surface area contributed by atoms with Gasteiger partial charge in [0.05, 0.1) is 53.6 Å². The van der Waals surface area contributed by atoms with Gasteiger partial charge in [0, 0.05) is 33.4 Å². The van der Waals surface area contributed by atoms with E-state index in [0.717, 1.165) is 11.1 Å². The maximum atomic E-state index is 15.4. The van der Waals surface area contributed by atoms with E-state index in [1.807, 2.05) is 72.8 Å². The number of ether oxygens (including phenoxy) is 4. The summed E-state index contributed by atoms with van der Waals surface area (Å²) in [7, 11) is 2.99. The lowest BCUT2D eigenvalue weighted by atomic mass is 9.90. The van der Waals surface area contributed by atoms with Crippen LogP contribution in [0.15, 0.2) is 84.9 Å². The Morgan fingerprint density at radius 3 is 1.23 bits per heavy atom. The lowest BCUT2D eigenvalue weighted by molar-refractivity contribution is -0.191. The minimum absolute atomic E-state index is 0.0954. The summed E-state index contributed by atoms with van der Waals surface area (Å²) >= 11 is 0. The summed E-state index contributed by atoms with van der Waals surface area (Å²) in [4.78, 5) is 65.9. The highest BCUT2D eigenvalue weighted by atomic mass is 16.6. The Kier molecular flexibility index (Phi) is 9.05. The molecule has 8 rings (SSSR count). The molecule has 4 aromatic rings. The zero-order valence-corrected chi connectivity index (χ0v) is 31.4. The number of urea groups is 2. The van der Waals surface area contributed by atoms with E-state index in [1.54, 1.807) is 26.0 Å². The predicted molar refractivity (Wildman–Crippen MR) is 203 cm³/mol. The molecule has 0 aliphatic carbocycles. The molecule has 4 aliphatic rings. The van der Waals surface area contributed by atoms with Crippen LogP contribution >= 0.6 is 0 Å². The molecule has 4 aliphatic heterocycles. The van der Waals surface area contributed by atoms with Gasteiger partial charge < -0.3 is 18.9 Å². The minimum Gasteiger partial charge on any atom is -0.496 e. The summed E-state index contributed by atoms with van der Waals surface area (Å²) < 4.78 is 23.1. The maximum absolute atomic E-state index is 15.4. The minimum atomic E-state index is -2.35. The van der Waals surface area contributed by atoms with Crippen LogP contribution in [0, 0.1) is 23.7 Å². The molecular formula is C44H38N4O8. The van der Waals surface area contributed by atoms with Crippen molar-refractivity contribution in [3.05, 3.63) is 129 Å². The van der Waals surface area contributed by atoms with Crippen molar-refractivity contribution in [3.63, 3.8) is 0 Å². The molecule has 0 aromatic heterocycles. The molecule has 4 aromatic carbocycles. The quantitative estimate of drug-likeness (QED) is 0.195. The second-order valence-corrected chi connectivity index (χ2v) is 13.5. The monoisotopic (exact) mass is 750 g/mol. The highest BCUT2D eigenvalue weighted by molar-refractivity contribution is 6.10. The van der Waals surface area contributed by atoms with Gasteiger partial charge in [-0.2, -0.15) is 0 Å². The molecule has 282 valence electrons. The Morgan fingerprint density at radius 1 is 0.536 bits per heavy atom.